The van der Waals surface area contributed by atoms with Crippen LogP contribution in [0.3, 0.4) is 0 Å². The lowest BCUT2D eigenvalue weighted by molar-refractivity contribution is -0.132. The highest BCUT2D eigenvalue weighted by atomic mass is 32.1. The third-order valence-electron chi connectivity index (χ3n) is 4.84. The van der Waals surface area contributed by atoms with E-state index in [0.717, 1.165) is 22.0 Å². The topological polar surface area (TPSA) is 85.8 Å². The van der Waals surface area contributed by atoms with Crippen LogP contribution in [0.15, 0.2) is 35.7 Å². The Kier molecular flexibility index (Phi) is 6.43. The van der Waals surface area contributed by atoms with Crippen LogP contribution in [-0.4, -0.2) is 53.1 Å². The Balaban J connectivity index is 1.65. The molecule has 1 aromatic heterocycles. The molecule has 2 amide bonds. The Morgan fingerprint density at radius 1 is 1.25 bits per heavy atom. The van der Waals surface area contributed by atoms with Crippen LogP contribution in [0.25, 0.3) is 6.08 Å². The molecular weight excluding hydrogens is 376 g/mol. The summed E-state index contributed by atoms with van der Waals surface area (Å²) in [6, 6.07) is 7.76. The maximum Gasteiger partial charge on any atom is 0.267 e. The van der Waals surface area contributed by atoms with Crippen molar-refractivity contribution in [3.8, 4) is 0 Å². The summed E-state index contributed by atoms with van der Waals surface area (Å²) in [5.41, 5.74) is 4.32. The van der Waals surface area contributed by atoms with E-state index in [1.165, 1.54) is 6.08 Å². The van der Waals surface area contributed by atoms with Gasteiger partial charge in [-0.25, -0.2) is 10.5 Å². The lowest BCUT2D eigenvalue weighted by Crippen LogP contribution is -2.50. The van der Waals surface area contributed by atoms with E-state index in [9.17, 15) is 9.59 Å². The van der Waals surface area contributed by atoms with E-state index in [2.05, 4.69) is 9.88 Å². The van der Waals surface area contributed by atoms with Gasteiger partial charge in [-0.05, 0) is 31.6 Å². The molecule has 3 rings (SSSR count). The molecule has 7 nitrogen and oxygen atoms in total. The van der Waals surface area contributed by atoms with Gasteiger partial charge in [0.2, 0.25) is 5.91 Å². The maximum atomic E-state index is 12.8. The van der Waals surface area contributed by atoms with Gasteiger partial charge >= 0.3 is 0 Å². The minimum atomic E-state index is -0.573. The Labute approximate surface area is 168 Å². The first-order valence-corrected chi connectivity index (χ1v) is 10.0. The number of nitrogens with zero attached hydrogens (tertiary/aromatic N) is 3. The summed E-state index contributed by atoms with van der Waals surface area (Å²) < 4.78 is 0. The van der Waals surface area contributed by atoms with Gasteiger partial charge in [0.05, 0.1) is 16.6 Å². The third kappa shape index (κ3) is 4.58. The van der Waals surface area contributed by atoms with Crippen LogP contribution in [0.5, 0.6) is 0 Å². The summed E-state index contributed by atoms with van der Waals surface area (Å²) in [5.74, 6) is -0.696. The number of piperazine rings is 1. The number of rotatable bonds is 5. The summed E-state index contributed by atoms with van der Waals surface area (Å²) in [6.07, 6.45) is 2.96. The summed E-state index contributed by atoms with van der Waals surface area (Å²) in [6.45, 7) is 6.57. The molecule has 1 aliphatic heterocycles. The van der Waals surface area contributed by atoms with Crippen molar-refractivity contribution in [2.24, 2.45) is 0 Å². The zero-order chi connectivity index (χ0) is 20.1. The quantitative estimate of drug-likeness (QED) is 0.457. The van der Waals surface area contributed by atoms with E-state index < -0.39 is 5.91 Å². The van der Waals surface area contributed by atoms with E-state index in [0.29, 0.717) is 26.2 Å². The van der Waals surface area contributed by atoms with Crippen LogP contribution < -0.4 is 10.4 Å². The maximum absolute atomic E-state index is 12.8. The zero-order valence-electron chi connectivity index (χ0n) is 16.0. The predicted octanol–water partition coefficient (Wildman–Crippen LogP) is 2.42. The van der Waals surface area contributed by atoms with Gasteiger partial charge < -0.3 is 9.80 Å². The average Bonchev–Trinajstić information content (AvgIpc) is 3.17. The number of carbonyl (C=O) groups is 2. The van der Waals surface area contributed by atoms with Crippen molar-refractivity contribution in [1.29, 1.82) is 0 Å². The summed E-state index contributed by atoms with van der Waals surface area (Å²) >= 11 is 1.56. The molecule has 2 heterocycles. The monoisotopic (exact) mass is 400 g/mol. The van der Waals surface area contributed by atoms with Crippen LogP contribution in [0.1, 0.15) is 29.1 Å². The SMILES string of the molecule is Cc1nc(C(C)C(=O)N2CCN(c3ccccc3C=CC(=O)NO)CC2)cs1. The minimum absolute atomic E-state index is 0.109. The molecule has 1 atom stereocenters. The molecule has 1 aliphatic rings. The molecule has 0 aliphatic carbocycles. The number of thiazole rings is 1. The molecule has 0 radical (unpaired) electrons. The largest absolute Gasteiger partial charge is 0.367 e. The first kappa shape index (κ1) is 20.0. The fraction of sp³-hybridized carbons (Fsp3) is 0.350. The Morgan fingerprint density at radius 3 is 2.61 bits per heavy atom. The van der Waals surface area contributed by atoms with Gasteiger partial charge in [-0.1, -0.05) is 18.2 Å². The number of aromatic nitrogens is 1. The lowest BCUT2D eigenvalue weighted by atomic mass is 10.1. The number of hydrogen-bond acceptors (Lipinski definition) is 6. The first-order chi connectivity index (χ1) is 13.5. The standard InChI is InChI=1S/C20H24N4O3S/c1-14(17-13-28-15(2)21-17)20(26)24-11-9-23(10-12-24)18-6-4-3-5-16(18)7-8-19(25)22-27/h3-8,13-14,27H,9-12H2,1-2H3,(H,22,25). The number of aryl methyl sites for hydroxylation is 1. The highest BCUT2D eigenvalue weighted by Crippen LogP contribution is 2.25. The van der Waals surface area contributed by atoms with Crippen molar-refractivity contribution in [3.63, 3.8) is 0 Å². The van der Waals surface area contributed by atoms with Crippen molar-refractivity contribution in [2.75, 3.05) is 31.1 Å². The Morgan fingerprint density at radius 2 is 1.96 bits per heavy atom. The molecule has 0 spiro atoms. The molecule has 2 aromatic rings. The van der Waals surface area contributed by atoms with Crippen molar-refractivity contribution < 1.29 is 14.8 Å². The molecule has 28 heavy (non-hydrogen) atoms. The third-order valence-corrected chi connectivity index (χ3v) is 5.64. The van der Waals surface area contributed by atoms with Crippen LogP contribution in [0.2, 0.25) is 0 Å². The van der Waals surface area contributed by atoms with Crippen LogP contribution in [-0.2, 0) is 9.59 Å². The van der Waals surface area contributed by atoms with E-state index in [1.807, 2.05) is 48.4 Å². The number of para-hydroxylation sites is 1. The molecule has 0 bridgehead atoms. The highest BCUT2D eigenvalue weighted by molar-refractivity contribution is 7.09. The van der Waals surface area contributed by atoms with Gasteiger partial charge in [-0.2, -0.15) is 0 Å². The molecule has 1 aromatic carbocycles. The Hall–Kier alpha value is -2.71. The molecule has 0 saturated carbocycles. The van der Waals surface area contributed by atoms with Crippen LogP contribution in [0, 0.1) is 6.92 Å². The van der Waals surface area contributed by atoms with Crippen molar-refractivity contribution in [2.45, 2.75) is 19.8 Å². The average molecular weight is 401 g/mol. The predicted molar refractivity (Wildman–Crippen MR) is 109 cm³/mol. The highest BCUT2D eigenvalue weighted by Gasteiger charge is 2.27. The molecule has 1 saturated heterocycles. The number of amides is 2. The summed E-state index contributed by atoms with van der Waals surface area (Å²) in [5, 5.41) is 11.6. The van der Waals surface area contributed by atoms with Gasteiger partial charge in [0.25, 0.3) is 5.91 Å². The van der Waals surface area contributed by atoms with E-state index >= 15 is 0 Å². The molecule has 148 valence electrons. The van der Waals surface area contributed by atoms with E-state index in [4.69, 9.17) is 5.21 Å². The number of carbonyl (C=O) groups excluding carboxylic acids is 2. The number of benzene rings is 1. The fourth-order valence-electron chi connectivity index (χ4n) is 3.27. The molecule has 8 heteroatoms. The van der Waals surface area contributed by atoms with Gasteiger partial charge in [-0.15, -0.1) is 11.3 Å². The summed E-state index contributed by atoms with van der Waals surface area (Å²) in [7, 11) is 0. The fourth-order valence-corrected chi connectivity index (χ4v) is 3.97. The van der Waals surface area contributed by atoms with Gasteiger partial charge in [0.1, 0.15) is 0 Å². The zero-order valence-corrected chi connectivity index (χ0v) is 16.8. The lowest BCUT2D eigenvalue weighted by Gasteiger charge is -2.37. The van der Waals surface area contributed by atoms with Gasteiger partial charge in [-0.3, -0.25) is 14.8 Å². The van der Waals surface area contributed by atoms with Crippen molar-refractivity contribution >= 4 is 34.9 Å². The minimum Gasteiger partial charge on any atom is -0.367 e. The van der Waals surface area contributed by atoms with E-state index in [1.54, 1.807) is 22.9 Å². The van der Waals surface area contributed by atoms with Crippen LogP contribution in [0.4, 0.5) is 5.69 Å². The number of anilines is 1. The van der Waals surface area contributed by atoms with Crippen molar-refractivity contribution in [1.82, 2.24) is 15.4 Å². The second kappa shape index (κ2) is 8.99. The van der Waals surface area contributed by atoms with Crippen LogP contribution >= 0.6 is 11.3 Å². The molecule has 1 unspecified atom stereocenters. The first-order valence-electron chi connectivity index (χ1n) is 9.16. The normalized spacial score (nSPS) is 15.7. The van der Waals surface area contributed by atoms with Gasteiger partial charge in [0.15, 0.2) is 0 Å². The number of hydroxylamine groups is 1. The molecule has 1 fully saturated rings. The number of hydrogen-bond donors (Lipinski definition) is 2. The second-order valence-electron chi connectivity index (χ2n) is 6.69. The van der Waals surface area contributed by atoms with Crippen molar-refractivity contribution in [3.05, 3.63) is 52.0 Å². The molecule has 2 N–H and O–H groups in total. The Bertz CT molecular complexity index is 872. The van der Waals surface area contributed by atoms with Gasteiger partial charge in [0, 0.05) is 43.3 Å². The van der Waals surface area contributed by atoms with E-state index in [-0.39, 0.29) is 11.8 Å². The summed E-state index contributed by atoms with van der Waals surface area (Å²) in [4.78, 5) is 32.6. The molecular formula is C20H24N4O3S. The number of nitrogens with one attached hydrogen (secondary N) is 1. The smallest absolute Gasteiger partial charge is 0.267 e. The second-order valence-corrected chi connectivity index (χ2v) is 7.76.